The number of carbonyl (C=O) groups excluding carboxylic acids is 3. The molecule has 0 spiro atoms. The van der Waals surface area contributed by atoms with Gasteiger partial charge in [-0.2, -0.15) is 11.8 Å². The number of allylic oxidation sites excluding steroid dienone is 1. The van der Waals surface area contributed by atoms with Crippen molar-refractivity contribution in [2.45, 2.75) is 38.8 Å². The van der Waals surface area contributed by atoms with Gasteiger partial charge in [0.2, 0.25) is 0 Å². The molecule has 0 aromatic heterocycles. The summed E-state index contributed by atoms with van der Waals surface area (Å²) in [5.74, 6) is -0.491. The average Bonchev–Trinajstić information content (AvgIpc) is 3.35. The number of hydrogen-bond acceptors (Lipinski definition) is 6. The van der Waals surface area contributed by atoms with Crippen LogP contribution in [-0.2, 0) is 19.1 Å². The second-order valence-electron chi connectivity index (χ2n) is 9.19. The molecular weight excluding hydrogens is 495 g/mol. The molecule has 37 heavy (non-hydrogen) atoms. The maximum Gasteiger partial charge on any atom is 0.328 e. The number of carbonyl (C=O) groups is 3. The van der Waals surface area contributed by atoms with E-state index in [1.807, 2.05) is 26.2 Å². The van der Waals surface area contributed by atoms with Gasteiger partial charge in [0.25, 0.3) is 11.8 Å². The van der Waals surface area contributed by atoms with Gasteiger partial charge in [0.1, 0.15) is 23.2 Å². The highest BCUT2D eigenvalue weighted by atomic mass is 32.2. The minimum Gasteiger partial charge on any atom is -0.482 e. The van der Waals surface area contributed by atoms with Crippen LogP contribution < -0.4 is 10.6 Å². The smallest absolute Gasteiger partial charge is 0.328 e. The first kappa shape index (κ1) is 26.5. The molecule has 2 aromatic carbocycles. The van der Waals surface area contributed by atoms with Gasteiger partial charge >= 0.3 is 5.97 Å². The highest BCUT2D eigenvalue weighted by Gasteiger charge is 2.38. The van der Waals surface area contributed by atoms with Gasteiger partial charge in [-0.25, -0.2) is 9.18 Å². The monoisotopic (exact) mass is 524 g/mol. The number of esters is 1. The van der Waals surface area contributed by atoms with Crippen molar-refractivity contribution in [2.24, 2.45) is 0 Å². The second kappa shape index (κ2) is 10.8. The summed E-state index contributed by atoms with van der Waals surface area (Å²) < 4.78 is 24.9. The van der Waals surface area contributed by atoms with Gasteiger partial charge in [-0.3, -0.25) is 9.59 Å². The van der Waals surface area contributed by atoms with Gasteiger partial charge in [-0.15, -0.1) is 0 Å². The van der Waals surface area contributed by atoms with E-state index in [1.165, 1.54) is 12.1 Å². The Labute approximate surface area is 219 Å². The normalized spacial score (nSPS) is 18.4. The summed E-state index contributed by atoms with van der Waals surface area (Å²) in [4.78, 5) is 37.8. The van der Waals surface area contributed by atoms with E-state index in [2.05, 4.69) is 10.6 Å². The van der Waals surface area contributed by atoms with Crippen molar-refractivity contribution in [2.75, 3.05) is 23.9 Å². The lowest BCUT2D eigenvalue weighted by atomic mass is 9.91. The van der Waals surface area contributed by atoms with Crippen molar-refractivity contribution >= 4 is 46.4 Å². The van der Waals surface area contributed by atoms with Crippen molar-refractivity contribution in [3.63, 3.8) is 0 Å². The van der Waals surface area contributed by atoms with E-state index < -0.39 is 23.4 Å². The molecule has 0 bridgehead atoms. The minimum atomic E-state index is -0.748. The first-order chi connectivity index (χ1) is 17.6. The predicted octanol–water partition coefficient (Wildman–Crippen LogP) is 4.80. The first-order valence-electron chi connectivity index (χ1n) is 12.0. The van der Waals surface area contributed by atoms with Crippen LogP contribution in [0.5, 0.6) is 0 Å². The molecule has 0 fully saturated rings. The molecular formula is C28H29FN2O5S. The van der Waals surface area contributed by atoms with Crippen molar-refractivity contribution in [1.29, 1.82) is 0 Å². The summed E-state index contributed by atoms with van der Waals surface area (Å²) in [6.45, 7) is 5.75. The molecule has 9 heteroatoms. The van der Waals surface area contributed by atoms with Crippen LogP contribution in [0, 0.1) is 5.82 Å². The lowest BCUT2D eigenvalue weighted by molar-refractivity contribution is -0.145. The second-order valence-corrected chi connectivity index (χ2v) is 10.2. The van der Waals surface area contributed by atoms with Crippen LogP contribution in [-0.4, -0.2) is 48.0 Å². The quantitative estimate of drug-likeness (QED) is 0.381. The molecule has 0 radical (unpaired) electrons. The zero-order chi connectivity index (χ0) is 26.7. The van der Waals surface area contributed by atoms with Crippen LogP contribution in [0.4, 0.5) is 10.1 Å². The summed E-state index contributed by atoms with van der Waals surface area (Å²) in [5, 5.41) is 5.46. The van der Waals surface area contributed by atoms with Crippen LogP contribution in [0.1, 0.15) is 48.7 Å². The van der Waals surface area contributed by atoms with Crippen molar-refractivity contribution in [3.05, 3.63) is 76.8 Å². The Hall–Kier alpha value is -3.59. The van der Waals surface area contributed by atoms with E-state index in [0.717, 1.165) is 11.1 Å². The third kappa shape index (κ3) is 5.56. The third-order valence-electron chi connectivity index (χ3n) is 6.21. The van der Waals surface area contributed by atoms with E-state index >= 15 is 0 Å². The molecule has 2 amide bonds. The van der Waals surface area contributed by atoms with E-state index in [9.17, 15) is 18.8 Å². The molecule has 2 aliphatic rings. The molecule has 2 heterocycles. The van der Waals surface area contributed by atoms with Crippen LogP contribution >= 0.6 is 11.8 Å². The lowest BCUT2D eigenvalue weighted by Crippen LogP contribution is -2.42. The Balaban J connectivity index is 1.58. The summed E-state index contributed by atoms with van der Waals surface area (Å²) >= 11 is 1.59. The summed E-state index contributed by atoms with van der Waals surface area (Å²) in [7, 11) is 0. The molecule has 7 nitrogen and oxygen atoms in total. The number of fused-ring (bicyclic) bond motifs is 1. The fourth-order valence-corrected chi connectivity index (χ4v) is 4.85. The Morgan fingerprint density at radius 3 is 2.59 bits per heavy atom. The average molecular weight is 525 g/mol. The van der Waals surface area contributed by atoms with Gasteiger partial charge in [-0.05, 0) is 81.2 Å². The van der Waals surface area contributed by atoms with Gasteiger partial charge in [0, 0.05) is 16.7 Å². The van der Waals surface area contributed by atoms with Gasteiger partial charge in [0.15, 0.2) is 0 Å². The van der Waals surface area contributed by atoms with Crippen molar-refractivity contribution in [1.82, 2.24) is 5.32 Å². The standard InChI is InChI=1S/C28H29FN2O5S/c1-5-35-27(34)21(12-13-37-4)30-25(32)17-8-6-16(7-9-17)20-15-23(36-28(20,2)3)24-19-11-10-18(29)14-22(19)31-26(24)33/h6-11,14-15,21H,5,12-13H2,1-4H3,(H,30,32)(H,31,33)/t21-/m0/s1. The summed E-state index contributed by atoms with van der Waals surface area (Å²) in [5.41, 5.74) is 2.65. The number of benzene rings is 2. The molecule has 0 unspecified atom stereocenters. The molecule has 4 rings (SSSR count). The van der Waals surface area contributed by atoms with Crippen LogP contribution in [0.25, 0.3) is 11.1 Å². The fourth-order valence-electron chi connectivity index (χ4n) is 4.38. The van der Waals surface area contributed by atoms with Gasteiger partial charge in [0.05, 0.1) is 17.9 Å². The van der Waals surface area contributed by atoms with E-state index in [4.69, 9.17) is 9.47 Å². The maximum absolute atomic E-state index is 13.6. The molecule has 2 aromatic rings. The number of anilines is 1. The van der Waals surface area contributed by atoms with Crippen molar-refractivity contribution < 1.29 is 28.2 Å². The molecule has 1 atom stereocenters. The van der Waals surface area contributed by atoms with Crippen LogP contribution in [0.2, 0.25) is 0 Å². The maximum atomic E-state index is 13.6. The summed E-state index contributed by atoms with van der Waals surface area (Å²) in [6, 6.07) is 10.4. The molecule has 0 saturated carbocycles. The molecule has 194 valence electrons. The van der Waals surface area contributed by atoms with Crippen molar-refractivity contribution in [3.8, 4) is 0 Å². The Morgan fingerprint density at radius 2 is 1.92 bits per heavy atom. The number of rotatable bonds is 8. The number of ether oxygens (including phenoxy) is 2. The molecule has 2 aliphatic heterocycles. The molecule has 2 N–H and O–H groups in total. The largest absolute Gasteiger partial charge is 0.482 e. The lowest BCUT2D eigenvalue weighted by Gasteiger charge is -2.23. The Kier molecular flexibility index (Phi) is 7.73. The van der Waals surface area contributed by atoms with Gasteiger partial charge in [-0.1, -0.05) is 12.1 Å². The van der Waals surface area contributed by atoms with Gasteiger partial charge < -0.3 is 20.1 Å². The fraction of sp³-hybridized carbons (Fsp3) is 0.321. The third-order valence-corrected chi connectivity index (χ3v) is 6.85. The van der Waals surface area contributed by atoms with Crippen LogP contribution in [0.15, 0.2) is 54.3 Å². The molecule has 0 aliphatic carbocycles. The van der Waals surface area contributed by atoms with E-state index in [-0.39, 0.29) is 18.4 Å². The SMILES string of the molecule is CCOC(=O)[C@H](CCSC)NC(=O)c1ccc(C2=CC(=C3C(=O)Nc4cc(F)ccc43)OC2(C)C)cc1. The number of hydrogen-bond donors (Lipinski definition) is 2. The zero-order valence-electron chi connectivity index (χ0n) is 21.1. The number of nitrogens with one attached hydrogen (secondary N) is 2. The Bertz CT molecular complexity index is 1300. The van der Waals surface area contributed by atoms with E-state index in [1.54, 1.807) is 49.0 Å². The van der Waals surface area contributed by atoms with Crippen LogP contribution in [0.3, 0.4) is 0 Å². The van der Waals surface area contributed by atoms with E-state index in [0.29, 0.717) is 40.3 Å². The Morgan fingerprint density at radius 1 is 1.19 bits per heavy atom. The zero-order valence-corrected chi connectivity index (χ0v) is 22.0. The highest BCUT2D eigenvalue weighted by Crippen LogP contribution is 2.44. The highest BCUT2D eigenvalue weighted by molar-refractivity contribution is 7.98. The predicted molar refractivity (Wildman–Crippen MR) is 142 cm³/mol. The molecule has 0 saturated heterocycles. The number of halogens is 1. The topological polar surface area (TPSA) is 93.7 Å². The minimum absolute atomic E-state index is 0.244. The summed E-state index contributed by atoms with van der Waals surface area (Å²) in [6.07, 6.45) is 4.22. The first-order valence-corrected chi connectivity index (χ1v) is 13.4. The number of thioether (sulfide) groups is 1. The number of amides is 2.